The first-order valence-electron chi connectivity index (χ1n) is 8.20. The minimum atomic E-state index is -0.155. The SMILES string of the molecule is CC(C)Cn1nnnc1SC(C(=O)NC1CCCC1)C(C)C. The highest BCUT2D eigenvalue weighted by molar-refractivity contribution is 8.00. The summed E-state index contributed by atoms with van der Waals surface area (Å²) < 4.78 is 1.80. The normalized spacial score (nSPS) is 17.4. The lowest BCUT2D eigenvalue weighted by atomic mass is 10.1. The molecule has 0 aromatic carbocycles. The van der Waals surface area contributed by atoms with Crippen LogP contribution in [0.1, 0.15) is 53.4 Å². The van der Waals surface area contributed by atoms with Gasteiger partial charge >= 0.3 is 0 Å². The molecule has 124 valence electrons. The number of thioether (sulfide) groups is 1. The van der Waals surface area contributed by atoms with Crippen LogP contribution in [0.2, 0.25) is 0 Å². The zero-order valence-electron chi connectivity index (χ0n) is 14.0. The molecule has 1 aromatic heterocycles. The smallest absolute Gasteiger partial charge is 0.234 e. The third-order valence-corrected chi connectivity index (χ3v) is 5.35. The van der Waals surface area contributed by atoms with Crippen molar-refractivity contribution in [3.8, 4) is 0 Å². The van der Waals surface area contributed by atoms with Crippen molar-refractivity contribution in [2.45, 2.75) is 76.4 Å². The maximum absolute atomic E-state index is 12.6. The van der Waals surface area contributed by atoms with Crippen molar-refractivity contribution in [3.63, 3.8) is 0 Å². The highest BCUT2D eigenvalue weighted by atomic mass is 32.2. The van der Waals surface area contributed by atoms with E-state index in [4.69, 9.17) is 0 Å². The zero-order valence-corrected chi connectivity index (χ0v) is 14.8. The van der Waals surface area contributed by atoms with Gasteiger partial charge in [0.05, 0.1) is 5.25 Å². The van der Waals surface area contributed by atoms with Gasteiger partial charge in [0.1, 0.15) is 0 Å². The van der Waals surface area contributed by atoms with Crippen LogP contribution in [0.5, 0.6) is 0 Å². The highest BCUT2D eigenvalue weighted by Gasteiger charge is 2.28. The summed E-state index contributed by atoms with van der Waals surface area (Å²) in [7, 11) is 0. The first-order chi connectivity index (χ1) is 10.5. The number of rotatable bonds is 7. The predicted octanol–water partition coefficient (Wildman–Crippen LogP) is 2.50. The van der Waals surface area contributed by atoms with Gasteiger partial charge in [0.2, 0.25) is 11.1 Å². The largest absolute Gasteiger partial charge is 0.352 e. The Hall–Kier alpha value is -1.11. The Balaban J connectivity index is 2.02. The number of nitrogens with zero attached hydrogens (tertiary/aromatic N) is 4. The maximum Gasteiger partial charge on any atom is 0.234 e. The summed E-state index contributed by atoms with van der Waals surface area (Å²) in [5, 5.41) is 15.7. The van der Waals surface area contributed by atoms with Crippen LogP contribution in [0.15, 0.2) is 5.16 Å². The minimum absolute atomic E-state index is 0.117. The van der Waals surface area contributed by atoms with Crippen molar-refractivity contribution in [1.29, 1.82) is 0 Å². The van der Waals surface area contributed by atoms with E-state index in [1.54, 1.807) is 4.68 Å². The van der Waals surface area contributed by atoms with Crippen LogP contribution in [0.25, 0.3) is 0 Å². The number of aromatic nitrogens is 4. The van der Waals surface area contributed by atoms with Crippen molar-refractivity contribution in [2.75, 3.05) is 0 Å². The average molecular weight is 325 g/mol. The summed E-state index contributed by atoms with van der Waals surface area (Å²) in [4.78, 5) is 12.6. The number of amides is 1. The summed E-state index contributed by atoms with van der Waals surface area (Å²) >= 11 is 1.48. The molecule has 1 heterocycles. The number of hydrogen-bond donors (Lipinski definition) is 1. The van der Waals surface area contributed by atoms with Gasteiger partial charge in [0.15, 0.2) is 0 Å². The van der Waals surface area contributed by atoms with Crippen LogP contribution >= 0.6 is 11.8 Å². The number of nitrogens with one attached hydrogen (secondary N) is 1. The molecule has 1 N–H and O–H groups in total. The third-order valence-electron chi connectivity index (χ3n) is 3.83. The lowest BCUT2D eigenvalue weighted by Crippen LogP contribution is -2.41. The van der Waals surface area contributed by atoms with Gasteiger partial charge in [-0.05, 0) is 35.1 Å². The fourth-order valence-corrected chi connectivity index (χ4v) is 3.69. The number of carbonyl (C=O) groups excluding carboxylic acids is 1. The van der Waals surface area contributed by atoms with Gasteiger partial charge in [0.25, 0.3) is 0 Å². The molecule has 7 heteroatoms. The molecule has 0 aliphatic heterocycles. The van der Waals surface area contributed by atoms with Crippen molar-refractivity contribution in [3.05, 3.63) is 0 Å². The van der Waals surface area contributed by atoms with Crippen LogP contribution in [-0.4, -0.2) is 37.4 Å². The molecule has 22 heavy (non-hydrogen) atoms. The topological polar surface area (TPSA) is 72.7 Å². The Kier molecular flexibility index (Phi) is 6.23. The molecule has 1 unspecified atom stereocenters. The van der Waals surface area contributed by atoms with Crippen LogP contribution in [0.3, 0.4) is 0 Å². The van der Waals surface area contributed by atoms with E-state index in [0.717, 1.165) is 24.5 Å². The first kappa shape index (κ1) is 17.2. The number of hydrogen-bond acceptors (Lipinski definition) is 5. The van der Waals surface area contributed by atoms with Crippen molar-refractivity contribution >= 4 is 17.7 Å². The van der Waals surface area contributed by atoms with E-state index in [2.05, 4.69) is 48.5 Å². The van der Waals surface area contributed by atoms with Crippen LogP contribution in [0, 0.1) is 11.8 Å². The molecule has 0 radical (unpaired) electrons. The second-order valence-electron chi connectivity index (χ2n) is 6.81. The molecule has 1 aliphatic carbocycles. The minimum Gasteiger partial charge on any atom is -0.352 e. The Labute approximate surface area is 136 Å². The summed E-state index contributed by atoms with van der Waals surface area (Å²) in [6, 6.07) is 0.348. The van der Waals surface area contributed by atoms with E-state index in [-0.39, 0.29) is 17.1 Å². The molecule has 0 bridgehead atoms. The van der Waals surface area contributed by atoms with Crippen LogP contribution < -0.4 is 5.32 Å². The number of tetrazole rings is 1. The maximum atomic E-state index is 12.6. The molecule has 1 fully saturated rings. The molecule has 1 aliphatic rings. The molecule has 0 spiro atoms. The first-order valence-corrected chi connectivity index (χ1v) is 9.08. The summed E-state index contributed by atoms with van der Waals surface area (Å²) in [6.45, 7) is 9.17. The molecule has 1 atom stereocenters. The Morgan fingerprint density at radius 1 is 1.32 bits per heavy atom. The van der Waals surface area contributed by atoms with Gasteiger partial charge in [0, 0.05) is 12.6 Å². The molecule has 1 saturated carbocycles. The lowest BCUT2D eigenvalue weighted by molar-refractivity contribution is -0.121. The van der Waals surface area contributed by atoms with E-state index in [9.17, 15) is 4.79 Å². The van der Waals surface area contributed by atoms with E-state index in [0.29, 0.717) is 12.0 Å². The van der Waals surface area contributed by atoms with E-state index in [1.165, 1.54) is 24.6 Å². The number of carbonyl (C=O) groups is 1. The molecular weight excluding hydrogens is 298 g/mol. The molecule has 1 aromatic rings. The molecular formula is C15H27N5OS. The zero-order chi connectivity index (χ0) is 16.1. The quantitative estimate of drug-likeness (QED) is 0.780. The van der Waals surface area contributed by atoms with Gasteiger partial charge in [-0.15, -0.1) is 5.10 Å². The molecule has 2 rings (SSSR count). The highest BCUT2D eigenvalue weighted by Crippen LogP contribution is 2.27. The van der Waals surface area contributed by atoms with E-state index >= 15 is 0 Å². The van der Waals surface area contributed by atoms with Gasteiger partial charge in [-0.3, -0.25) is 4.79 Å². The van der Waals surface area contributed by atoms with Crippen molar-refractivity contribution < 1.29 is 4.79 Å². The monoisotopic (exact) mass is 325 g/mol. The lowest BCUT2D eigenvalue weighted by Gasteiger charge is -2.21. The fraction of sp³-hybridized carbons (Fsp3) is 0.867. The van der Waals surface area contributed by atoms with Crippen molar-refractivity contribution in [1.82, 2.24) is 25.5 Å². The fourth-order valence-electron chi connectivity index (χ4n) is 2.70. The van der Waals surface area contributed by atoms with E-state index < -0.39 is 0 Å². The Bertz CT molecular complexity index is 482. The van der Waals surface area contributed by atoms with Gasteiger partial charge in [-0.2, -0.15) is 0 Å². The summed E-state index contributed by atoms with van der Waals surface area (Å²) in [6.07, 6.45) is 4.65. The van der Waals surface area contributed by atoms with Gasteiger partial charge in [-0.25, -0.2) is 4.68 Å². The standard InChI is InChI=1S/C15H27N5OS/c1-10(2)9-20-15(17-18-19-20)22-13(11(3)4)14(21)16-12-7-5-6-8-12/h10-13H,5-9H2,1-4H3,(H,16,21). The average Bonchev–Trinajstić information content (AvgIpc) is 3.07. The van der Waals surface area contributed by atoms with Crippen LogP contribution in [0.4, 0.5) is 0 Å². The molecule has 0 saturated heterocycles. The molecule has 6 nitrogen and oxygen atoms in total. The molecule has 1 amide bonds. The van der Waals surface area contributed by atoms with E-state index in [1.807, 2.05) is 0 Å². The predicted molar refractivity (Wildman–Crippen MR) is 87.5 cm³/mol. The Morgan fingerprint density at radius 2 is 2.00 bits per heavy atom. The summed E-state index contributed by atoms with van der Waals surface area (Å²) in [5.41, 5.74) is 0. The van der Waals surface area contributed by atoms with Gasteiger partial charge in [-0.1, -0.05) is 52.3 Å². The van der Waals surface area contributed by atoms with Gasteiger partial charge < -0.3 is 5.32 Å². The second kappa shape index (κ2) is 7.94. The van der Waals surface area contributed by atoms with Crippen molar-refractivity contribution in [2.24, 2.45) is 11.8 Å². The third kappa shape index (κ3) is 4.69. The second-order valence-corrected chi connectivity index (χ2v) is 7.92. The summed E-state index contributed by atoms with van der Waals surface area (Å²) in [5.74, 6) is 0.814. The van der Waals surface area contributed by atoms with Crippen LogP contribution in [-0.2, 0) is 11.3 Å². The Morgan fingerprint density at radius 3 is 2.59 bits per heavy atom.